The fourth-order valence-electron chi connectivity index (χ4n) is 1.21. The Morgan fingerprint density at radius 2 is 2.18 bits per heavy atom. The van der Waals surface area contributed by atoms with Crippen LogP contribution in [0.25, 0.3) is 0 Å². The van der Waals surface area contributed by atoms with Crippen molar-refractivity contribution >= 4 is 0 Å². The van der Waals surface area contributed by atoms with Crippen LogP contribution in [0.2, 0.25) is 0 Å². The molecule has 1 rings (SSSR count). The summed E-state index contributed by atoms with van der Waals surface area (Å²) in [6, 6.07) is 0.359. The molecule has 0 heterocycles. The van der Waals surface area contributed by atoms with Gasteiger partial charge in [0.15, 0.2) is 0 Å². The highest BCUT2D eigenvalue weighted by atomic mass is 15.0. The summed E-state index contributed by atoms with van der Waals surface area (Å²) in [5.74, 6) is 0. The molecule has 2 nitrogen and oxygen atoms in total. The SMILES string of the molecule is CCCC(N)CNC1(C)CC1. The molecule has 0 aliphatic heterocycles. The maximum absolute atomic E-state index is 5.86. The van der Waals surface area contributed by atoms with Crippen molar-refractivity contribution in [1.29, 1.82) is 0 Å². The molecule has 0 spiro atoms. The predicted octanol–water partition coefficient (Wildman–Crippen LogP) is 1.26. The molecule has 0 aromatic rings. The Labute approximate surface area is 69.5 Å². The van der Waals surface area contributed by atoms with Gasteiger partial charge in [0.25, 0.3) is 0 Å². The van der Waals surface area contributed by atoms with E-state index in [2.05, 4.69) is 19.2 Å². The van der Waals surface area contributed by atoms with E-state index < -0.39 is 0 Å². The van der Waals surface area contributed by atoms with E-state index in [4.69, 9.17) is 5.73 Å². The van der Waals surface area contributed by atoms with Crippen molar-refractivity contribution in [3.63, 3.8) is 0 Å². The number of nitrogens with two attached hydrogens (primary N) is 1. The molecule has 1 fully saturated rings. The van der Waals surface area contributed by atoms with Gasteiger partial charge >= 0.3 is 0 Å². The van der Waals surface area contributed by atoms with Crippen LogP contribution in [0.3, 0.4) is 0 Å². The highest BCUT2D eigenvalue weighted by Crippen LogP contribution is 2.33. The molecule has 1 unspecified atom stereocenters. The van der Waals surface area contributed by atoms with Crippen molar-refractivity contribution in [2.45, 2.75) is 51.1 Å². The molecule has 0 radical (unpaired) electrons. The second-order valence-corrected chi connectivity index (χ2v) is 3.99. The Kier molecular flexibility index (Phi) is 2.90. The van der Waals surface area contributed by atoms with E-state index in [9.17, 15) is 0 Å². The van der Waals surface area contributed by atoms with Gasteiger partial charge in [0.1, 0.15) is 0 Å². The Balaban J connectivity index is 2.01. The lowest BCUT2D eigenvalue weighted by atomic mass is 10.1. The van der Waals surface area contributed by atoms with Crippen LogP contribution in [0.15, 0.2) is 0 Å². The molecule has 1 saturated carbocycles. The van der Waals surface area contributed by atoms with E-state index in [1.807, 2.05) is 0 Å². The van der Waals surface area contributed by atoms with Crippen molar-refractivity contribution in [3.05, 3.63) is 0 Å². The van der Waals surface area contributed by atoms with Gasteiger partial charge < -0.3 is 11.1 Å². The molecule has 66 valence electrons. The zero-order valence-electron chi connectivity index (χ0n) is 7.69. The third-order valence-corrected chi connectivity index (χ3v) is 2.45. The molecule has 1 aliphatic rings. The summed E-state index contributed by atoms with van der Waals surface area (Å²) in [5.41, 5.74) is 6.31. The second kappa shape index (κ2) is 3.55. The molecule has 11 heavy (non-hydrogen) atoms. The molecular weight excluding hydrogens is 136 g/mol. The lowest BCUT2D eigenvalue weighted by Gasteiger charge is -2.15. The molecule has 0 saturated heterocycles. The number of hydrogen-bond donors (Lipinski definition) is 2. The molecule has 0 amide bonds. The van der Waals surface area contributed by atoms with Crippen LogP contribution in [0, 0.1) is 0 Å². The summed E-state index contributed by atoms with van der Waals surface area (Å²) < 4.78 is 0. The fraction of sp³-hybridized carbons (Fsp3) is 1.00. The second-order valence-electron chi connectivity index (χ2n) is 3.99. The monoisotopic (exact) mass is 156 g/mol. The van der Waals surface area contributed by atoms with Crippen LogP contribution in [0.4, 0.5) is 0 Å². The van der Waals surface area contributed by atoms with E-state index in [-0.39, 0.29) is 0 Å². The lowest BCUT2D eigenvalue weighted by molar-refractivity contribution is 0.473. The Morgan fingerprint density at radius 1 is 1.55 bits per heavy atom. The smallest absolute Gasteiger partial charge is 0.0165 e. The summed E-state index contributed by atoms with van der Waals surface area (Å²) in [6.07, 6.45) is 4.99. The van der Waals surface area contributed by atoms with E-state index in [1.54, 1.807) is 0 Å². The van der Waals surface area contributed by atoms with E-state index in [0.717, 1.165) is 13.0 Å². The van der Waals surface area contributed by atoms with Gasteiger partial charge in [-0.15, -0.1) is 0 Å². The minimum absolute atomic E-state index is 0.359. The van der Waals surface area contributed by atoms with Gasteiger partial charge in [-0.2, -0.15) is 0 Å². The van der Waals surface area contributed by atoms with Gasteiger partial charge in [-0.3, -0.25) is 0 Å². The topological polar surface area (TPSA) is 38.0 Å². The lowest BCUT2D eigenvalue weighted by Crippen LogP contribution is -2.39. The van der Waals surface area contributed by atoms with Gasteiger partial charge in [-0.05, 0) is 26.2 Å². The maximum atomic E-state index is 5.86. The fourth-order valence-corrected chi connectivity index (χ4v) is 1.21. The highest BCUT2D eigenvalue weighted by Gasteiger charge is 2.36. The first kappa shape index (κ1) is 9.01. The zero-order valence-corrected chi connectivity index (χ0v) is 7.69. The van der Waals surface area contributed by atoms with Crippen LogP contribution in [-0.2, 0) is 0 Å². The third-order valence-electron chi connectivity index (χ3n) is 2.45. The normalized spacial score (nSPS) is 23.2. The van der Waals surface area contributed by atoms with Crippen LogP contribution in [-0.4, -0.2) is 18.1 Å². The molecule has 3 N–H and O–H groups in total. The Morgan fingerprint density at radius 3 is 2.64 bits per heavy atom. The van der Waals surface area contributed by atoms with Gasteiger partial charge in [0.05, 0.1) is 0 Å². The van der Waals surface area contributed by atoms with Gasteiger partial charge in [-0.1, -0.05) is 13.3 Å². The summed E-state index contributed by atoms with van der Waals surface area (Å²) in [7, 11) is 0. The maximum Gasteiger partial charge on any atom is 0.0165 e. The molecule has 0 aromatic carbocycles. The first-order chi connectivity index (χ1) is 5.16. The molecule has 1 aliphatic carbocycles. The average Bonchev–Trinajstić information content (AvgIpc) is 2.66. The molecule has 0 aromatic heterocycles. The predicted molar refractivity (Wildman–Crippen MR) is 48.5 cm³/mol. The largest absolute Gasteiger partial charge is 0.327 e. The minimum atomic E-state index is 0.359. The van der Waals surface area contributed by atoms with Crippen LogP contribution in [0.5, 0.6) is 0 Å². The van der Waals surface area contributed by atoms with E-state index in [0.29, 0.717) is 11.6 Å². The molecule has 1 atom stereocenters. The first-order valence-electron chi connectivity index (χ1n) is 4.67. The van der Waals surface area contributed by atoms with Crippen LogP contribution < -0.4 is 11.1 Å². The quantitative estimate of drug-likeness (QED) is 0.629. The van der Waals surface area contributed by atoms with Gasteiger partial charge in [-0.25, -0.2) is 0 Å². The third kappa shape index (κ3) is 3.21. The number of nitrogens with one attached hydrogen (secondary N) is 1. The van der Waals surface area contributed by atoms with E-state index >= 15 is 0 Å². The van der Waals surface area contributed by atoms with Crippen molar-refractivity contribution < 1.29 is 0 Å². The van der Waals surface area contributed by atoms with Crippen LogP contribution >= 0.6 is 0 Å². The van der Waals surface area contributed by atoms with Gasteiger partial charge in [0.2, 0.25) is 0 Å². The Bertz CT molecular complexity index is 119. The summed E-state index contributed by atoms with van der Waals surface area (Å²) in [5, 5.41) is 3.49. The van der Waals surface area contributed by atoms with Crippen LogP contribution in [0.1, 0.15) is 39.5 Å². The first-order valence-corrected chi connectivity index (χ1v) is 4.67. The standard InChI is InChI=1S/C9H20N2/c1-3-4-8(10)7-11-9(2)5-6-9/h8,11H,3-7,10H2,1-2H3. The van der Waals surface area contributed by atoms with E-state index in [1.165, 1.54) is 19.3 Å². The molecule has 2 heteroatoms. The average molecular weight is 156 g/mol. The zero-order chi connectivity index (χ0) is 8.32. The Hall–Kier alpha value is -0.0800. The van der Waals surface area contributed by atoms with Crippen molar-refractivity contribution in [1.82, 2.24) is 5.32 Å². The van der Waals surface area contributed by atoms with Crippen molar-refractivity contribution in [2.24, 2.45) is 5.73 Å². The van der Waals surface area contributed by atoms with Crippen molar-refractivity contribution in [3.8, 4) is 0 Å². The molecule has 0 bridgehead atoms. The molecular formula is C9H20N2. The highest BCUT2D eigenvalue weighted by molar-refractivity contribution is 4.97. The summed E-state index contributed by atoms with van der Waals surface area (Å²) in [4.78, 5) is 0. The van der Waals surface area contributed by atoms with Crippen molar-refractivity contribution in [2.75, 3.05) is 6.54 Å². The van der Waals surface area contributed by atoms with Gasteiger partial charge in [0, 0.05) is 18.1 Å². The summed E-state index contributed by atoms with van der Waals surface area (Å²) >= 11 is 0. The number of rotatable bonds is 5. The number of hydrogen-bond acceptors (Lipinski definition) is 2. The summed E-state index contributed by atoms with van der Waals surface area (Å²) in [6.45, 7) is 5.44. The minimum Gasteiger partial charge on any atom is -0.327 e.